The summed E-state index contributed by atoms with van der Waals surface area (Å²) >= 11 is 0. The van der Waals surface area contributed by atoms with Gasteiger partial charge in [0, 0.05) is 29.9 Å². The fourth-order valence-corrected chi connectivity index (χ4v) is 2.71. The largest absolute Gasteiger partial charge is 0.382 e. The Morgan fingerprint density at radius 1 is 1.20 bits per heavy atom. The van der Waals surface area contributed by atoms with Crippen molar-refractivity contribution in [2.24, 2.45) is 0 Å². The summed E-state index contributed by atoms with van der Waals surface area (Å²) in [6, 6.07) is 2.48. The van der Waals surface area contributed by atoms with E-state index in [1.807, 2.05) is 6.92 Å². The first-order valence-electron chi connectivity index (χ1n) is 7.20. The molecule has 2 N–H and O–H groups in total. The number of anilines is 1. The van der Waals surface area contributed by atoms with Crippen molar-refractivity contribution < 1.29 is 13.2 Å². The highest BCUT2D eigenvalue weighted by molar-refractivity contribution is 5.44. The Balaban J connectivity index is 1.92. The van der Waals surface area contributed by atoms with Gasteiger partial charge in [0.15, 0.2) is 17.5 Å². The molecule has 1 saturated heterocycles. The first-order valence-corrected chi connectivity index (χ1v) is 7.20. The van der Waals surface area contributed by atoms with Gasteiger partial charge in [-0.15, -0.1) is 0 Å². The van der Waals surface area contributed by atoms with E-state index in [1.54, 1.807) is 0 Å². The molecule has 112 valence electrons. The van der Waals surface area contributed by atoms with E-state index in [2.05, 4.69) is 10.6 Å². The van der Waals surface area contributed by atoms with E-state index >= 15 is 0 Å². The molecular formula is C15H21F3N2. The van der Waals surface area contributed by atoms with Crippen LogP contribution in [-0.4, -0.2) is 18.6 Å². The molecule has 2 unspecified atom stereocenters. The van der Waals surface area contributed by atoms with Crippen LogP contribution in [0.3, 0.4) is 0 Å². The second-order valence-electron chi connectivity index (χ2n) is 5.54. The van der Waals surface area contributed by atoms with E-state index in [4.69, 9.17) is 0 Å². The molecule has 2 rings (SSSR count). The molecule has 1 aliphatic rings. The second-order valence-corrected chi connectivity index (χ2v) is 5.54. The topological polar surface area (TPSA) is 24.1 Å². The first-order chi connectivity index (χ1) is 9.56. The van der Waals surface area contributed by atoms with E-state index in [-0.39, 0.29) is 11.7 Å². The normalized spacial score (nSPS) is 21.3. The van der Waals surface area contributed by atoms with Crippen LogP contribution in [0.25, 0.3) is 0 Å². The average molecular weight is 286 g/mol. The molecule has 5 heteroatoms. The molecule has 1 aliphatic heterocycles. The van der Waals surface area contributed by atoms with E-state index < -0.39 is 17.5 Å². The van der Waals surface area contributed by atoms with Crippen LogP contribution < -0.4 is 10.6 Å². The van der Waals surface area contributed by atoms with Gasteiger partial charge in [0.05, 0.1) is 0 Å². The quantitative estimate of drug-likeness (QED) is 0.822. The summed E-state index contributed by atoms with van der Waals surface area (Å²) in [7, 11) is 0. The predicted octanol–water partition coefficient (Wildman–Crippen LogP) is 3.83. The van der Waals surface area contributed by atoms with Crippen molar-refractivity contribution in [2.75, 3.05) is 11.9 Å². The summed E-state index contributed by atoms with van der Waals surface area (Å²) in [4.78, 5) is 0. The third-order valence-corrected chi connectivity index (χ3v) is 3.70. The minimum Gasteiger partial charge on any atom is -0.382 e. The molecule has 0 aromatic heterocycles. The van der Waals surface area contributed by atoms with Gasteiger partial charge in [-0.1, -0.05) is 12.8 Å². The summed E-state index contributed by atoms with van der Waals surface area (Å²) in [6.07, 6.45) is 5.66. The Kier molecular flexibility index (Phi) is 5.29. The third-order valence-electron chi connectivity index (χ3n) is 3.70. The van der Waals surface area contributed by atoms with E-state index in [0.29, 0.717) is 6.04 Å². The molecule has 1 aromatic carbocycles. The van der Waals surface area contributed by atoms with Crippen molar-refractivity contribution in [3.63, 3.8) is 0 Å². The molecule has 0 aliphatic carbocycles. The van der Waals surface area contributed by atoms with Gasteiger partial charge in [-0.25, -0.2) is 13.2 Å². The molecule has 1 fully saturated rings. The summed E-state index contributed by atoms with van der Waals surface area (Å²) < 4.78 is 39.1. The first kappa shape index (κ1) is 15.2. The fraction of sp³-hybridized carbons (Fsp3) is 0.600. The van der Waals surface area contributed by atoms with Crippen LogP contribution >= 0.6 is 0 Å². The zero-order chi connectivity index (χ0) is 14.5. The number of nitrogens with one attached hydrogen (secondary N) is 2. The molecule has 0 bridgehead atoms. The lowest BCUT2D eigenvalue weighted by atomic mass is 10.0. The van der Waals surface area contributed by atoms with Crippen LogP contribution in [0.1, 0.15) is 39.0 Å². The van der Waals surface area contributed by atoms with E-state index in [9.17, 15) is 13.2 Å². The monoisotopic (exact) mass is 286 g/mol. The zero-order valence-corrected chi connectivity index (χ0v) is 11.7. The number of rotatable bonds is 4. The highest BCUT2D eigenvalue weighted by Gasteiger charge is 2.16. The molecule has 0 saturated carbocycles. The Morgan fingerprint density at radius 2 is 1.90 bits per heavy atom. The molecule has 2 nitrogen and oxygen atoms in total. The van der Waals surface area contributed by atoms with Crippen molar-refractivity contribution in [2.45, 2.75) is 51.1 Å². The molecule has 1 aromatic rings. The summed E-state index contributed by atoms with van der Waals surface area (Å²) in [5.74, 6) is -3.74. The number of hydrogen-bond donors (Lipinski definition) is 2. The Morgan fingerprint density at radius 3 is 2.60 bits per heavy atom. The predicted molar refractivity (Wildman–Crippen MR) is 74.3 cm³/mol. The fourth-order valence-electron chi connectivity index (χ4n) is 2.71. The van der Waals surface area contributed by atoms with Crippen LogP contribution in [0, 0.1) is 17.5 Å². The van der Waals surface area contributed by atoms with Gasteiger partial charge in [-0.05, 0) is 32.7 Å². The SMILES string of the molecule is CC(CC1CCCCCN1)Nc1cc(F)c(F)c(F)c1. The van der Waals surface area contributed by atoms with Crippen molar-refractivity contribution in [1.82, 2.24) is 5.32 Å². The molecule has 0 amide bonds. The minimum atomic E-state index is -1.42. The third kappa shape index (κ3) is 4.13. The van der Waals surface area contributed by atoms with Crippen molar-refractivity contribution in [3.8, 4) is 0 Å². The van der Waals surface area contributed by atoms with Crippen LogP contribution in [0.15, 0.2) is 12.1 Å². The van der Waals surface area contributed by atoms with E-state index in [0.717, 1.165) is 31.5 Å². The van der Waals surface area contributed by atoms with Gasteiger partial charge in [0.1, 0.15) is 0 Å². The van der Waals surface area contributed by atoms with Gasteiger partial charge in [0.2, 0.25) is 0 Å². The Labute approximate surface area is 117 Å². The summed E-state index contributed by atoms with van der Waals surface area (Å²) in [5, 5.41) is 6.51. The van der Waals surface area contributed by atoms with Gasteiger partial charge in [-0.2, -0.15) is 0 Å². The Hall–Kier alpha value is -1.23. The lowest BCUT2D eigenvalue weighted by Gasteiger charge is -2.22. The van der Waals surface area contributed by atoms with Crippen LogP contribution in [0.4, 0.5) is 18.9 Å². The van der Waals surface area contributed by atoms with Crippen LogP contribution in [0.5, 0.6) is 0 Å². The smallest absolute Gasteiger partial charge is 0.194 e. The maximum Gasteiger partial charge on any atom is 0.194 e. The van der Waals surface area contributed by atoms with Crippen molar-refractivity contribution in [1.29, 1.82) is 0 Å². The lowest BCUT2D eigenvalue weighted by Crippen LogP contribution is -2.33. The molecule has 0 spiro atoms. The second kappa shape index (κ2) is 6.97. The van der Waals surface area contributed by atoms with Gasteiger partial charge in [-0.3, -0.25) is 0 Å². The van der Waals surface area contributed by atoms with Crippen LogP contribution in [-0.2, 0) is 0 Å². The summed E-state index contributed by atoms with van der Waals surface area (Å²) in [6.45, 7) is 2.99. The van der Waals surface area contributed by atoms with Crippen LogP contribution in [0.2, 0.25) is 0 Å². The number of benzene rings is 1. The molecular weight excluding hydrogens is 265 g/mol. The average Bonchev–Trinajstić information content (AvgIpc) is 2.64. The Bertz CT molecular complexity index is 420. The molecule has 2 atom stereocenters. The standard InChI is InChI=1S/C15H21F3N2/c1-10(7-11-5-3-2-4-6-19-11)20-12-8-13(16)15(18)14(17)9-12/h8-11,19-20H,2-7H2,1H3. The number of hydrogen-bond acceptors (Lipinski definition) is 2. The number of halogens is 3. The molecule has 1 heterocycles. The highest BCUT2D eigenvalue weighted by atomic mass is 19.2. The van der Waals surface area contributed by atoms with E-state index in [1.165, 1.54) is 19.3 Å². The van der Waals surface area contributed by atoms with Gasteiger partial charge < -0.3 is 10.6 Å². The highest BCUT2D eigenvalue weighted by Crippen LogP contribution is 2.20. The van der Waals surface area contributed by atoms with Crippen molar-refractivity contribution >= 4 is 5.69 Å². The zero-order valence-electron chi connectivity index (χ0n) is 11.7. The maximum absolute atomic E-state index is 13.1. The lowest BCUT2D eigenvalue weighted by molar-refractivity contribution is 0.445. The van der Waals surface area contributed by atoms with Crippen molar-refractivity contribution in [3.05, 3.63) is 29.6 Å². The maximum atomic E-state index is 13.1. The summed E-state index contributed by atoms with van der Waals surface area (Å²) in [5.41, 5.74) is 0.280. The van der Waals surface area contributed by atoms with Gasteiger partial charge in [0.25, 0.3) is 0 Å². The minimum absolute atomic E-state index is 0.0647. The van der Waals surface area contributed by atoms with Gasteiger partial charge >= 0.3 is 0 Å². The molecule has 0 radical (unpaired) electrons. The molecule has 20 heavy (non-hydrogen) atoms.